The van der Waals surface area contributed by atoms with Gasteiger partial charge in [-0.05, 0) is 43.2 Å². The Kier molecular flexibility index (Phi) is 8.03. The molecule has 0 aliphatic heterocycles. The lowest BCUT2D eigenvalue weighted by Gasteiger charge is -2.17. The van der Waals surface area contributed by atoms with Gasteiger partial charge in [-0.15, -0.1) is 0 Å². The summed E-state index contributed by atoms with van der Waals surface area (Å²) in [5.41, 5.74) is 3.83. The molecule has 2 aromatic carbocycles. The average Bonchev–Trinajstić information content (AvgIpc) is 2.69. The van der Waals surface area contributed by atoms with Gasteiger partial charge in [0.1, 0.15) is 6.54 Å². The van der Waals surface area contributed by atoms with E-state index in [1.165, 1.54) is 0 Å². The summed E-state index contributed by atoms with van der Waals surface area (Å²) in [6, 6.07) is 11.4. The number of carbonyl (C=O) groups is 2. The number of ether oxygens (including phenoxy) is 2. The van der Waals surface area contributed by atoms with E-state index >= 15 is 0 Å². The van der Waals surface area contributed by atoms with Gasteiger partial charge in [0.05, 0.1) is 33.4 Å². The van der Waals surface area contributed by atoms with Gasteiger partial charge in [0.2, 0.25) is 5.91 Å². The zero-order valence-electron chi connectivity index (χ0n) is 17.7. The van der Waals surface area contributed by atoms with Gasteiger partial charge in [-0.2, -0.15) is 0 Å². The maximum Gasteiger partial charge on any atom is 0.275 e. The molecule has 0 saturated carbocycles. The number of para-hydroxylation sites is 1. The molecule has 2 amide bonds. The van der Waals surface area contributed by atoms with Crippen molar-refractivity contribution < 1.29 is 24.0 Å². The number of methoxy groups -OCH3 is 2. The molecular weight excluding hydrogens is 370 g/mol. The fourth-order valence-corrected chi connectivity index (χ4v) is 3.08. The molecule has 156 valence electrons. The normalized spacial score (nSPS) is 11.5. The van der Waals surface area contributed by atoms with E-state index in [4.69, 9.17) is 9.47 Å². The van der Waals surface area contributed by atoms with Crippen molar-refractivity contribution in [3.63, 3.8) is 0 Å². The Labute approximate surface area is 172 Å². The predicted octanol–water partition coefficient (Wildman–Crippen LogP) is 1.09. The highest BCUT2D eigenvalue weighted by molar-refractivity contribution is 5.95. The molecule has 0 radical (unpaired) electrons. The number of nitrogens with one attached hydrogen (secondary N) is 3. The van der Waals surface area contributed by atoms with Crippen LogP contribution in [0.3, 0.4) is 0 Å². The van der Waals surface area contributed by atoms with Gasteiger partial charge in [-0.1, -0.05) is 18.2 Å². The lowest BCUT2D eigenvalue weighted by atomic mass is 10.1. The minimum Gasteiger partial charge on any atom is -0.493 e. The summed E-state index contributed by atoms with van der Waals surface area (Å²) in [5, 5.41) is 5.51. The van der Waals surface area contributed by atoms with Gasteiger partial charge < -0.3 is 25.0 Å². The zero-order chi connectivity index (χ0) is 21.4. The van der Waals surface area contributed by atoms with Crippen molar-refractivity contribution in [3.8, 4) is 11.5 Å². The van der Waals surface area contributed by atoms with Crippen LogP contribution in [0.5, 0.6) is 11.5 Å². The number of hydrogen-bond acceptors (Lipinski definition) is 4. The summed E-state index contributed by atoms with van der Waals surface area (Å²) in [7, 11) is 5.10. The van der Waals surface area contributed by atoms with E-state index in [1.54, 1.807) is 14.2 Å². The third kappa shape index (κ3) is 6.22. The first-order valence-electron chi connectivity index (χ1n) is 9.49. The van der Waals surface area contributed by atoms with Crippen LogP contribution in [0.25, 0.3) is 0 Å². The molecule has 0 saturated heterocycles. The van der Waals surface area contributed by atoms with E-state index < -0.39 is 0 Å². The van der Waals surface area contributed by atoms with Gasteiger partial charge in [-0.3, -0.25) is 9.59 Å². The van der Waals surface area contributed by atoms with Crippen molar-refractivity contribution in [1.29, 1.82) is 0 Å². The number of benzene rings is 2. The van der Waals surface area contributed by atoms with E-state index in [2.05, 4.69) is 10.6 Å². The summed E-state index contributed by atoms with van der Waals surface area (Å²) in [6.45, 7) is 4.69. The van der Waals surface area contributed by atoms with Crippen LogP contribution < -0.4 is 25.0 Å². The topological polar surface area (TPSA) is 81.1 Å². The van der Waals surface area contributed by atoms with E-state index in [1.807, 2.05) is 57.3 Å². The highest BCUT2D eigenvalue weighted by Crippen LogP contribution is 2.30. The summed E-state index contributed by atoms with van der Waals surface area (Å²) in [6.07, 6.45) is 0. The fraction of sp³-hybridized carbons (Fsp3) is 0.364. The molecule has 2 rings (SSSR count). The molecule has 0 aromatic heterocycles. The molecule has 29 heavy (non-hydrogen) atoms. The van der Waals surface area contributed by atoms with Crippen molar-refractivity contribution in [2.24, 2.45) is 0 Å². The van der Waals surface area contributed by atoms with Gasteiger partial charge in [0.15, 0.2) is 18.0 Å². The second kappa shape index (κ2) is 10.5. The second-order valence-corrected chi connectivity index (χ2v) is 7.04. The Morgan fingerprint density at radius 1 is 1.00 bits per heavy atom. The number of amides is 2. The lowest BCUT2D eigenvalue weighted by Crippen LogP contribution is -3.08. The van der Waals surface area contributed by atoms with Gasteiger partial charge in [0, 0.05) is 5.69 Å². The minimum atomic E-state index is -0.251. The summed E-state index contributed by atoms with van der Waals surface area (Å²) in [5.74, 6) is 0.882. The first-order chi connectivity index (χ1) is 13.8. The van der Waals surface area contributed by atoms with Crippen LogP contribution in [0.4, 0.5) is 5.69 Å². The third-order valence-corrected chi connectivity index (χ3v) is 4.76. The summed E-state index contributed by atoms with van der Waals surface area (Å²) in [4.78, 5) is 25.3. The molecule has 0 fully saturated rings. The molecule has 3 N–H and O–H groups in total. The van der Waals surface area contributed by atoms with E-state index in [0.717, 1.165) is 27.3 Å². The standard InChI is InChI=1S/C22H29N3O4/c1-15-8-6-10-18(16(15)2)24-20(26)12-23-21(27)14-25(3)13-17-9-7-11-19(28-4)22(17)29-5/h6-11H,12-14H2,1-5H3,(H,23,27)(H,24,26)/p+1. The molecule has 0 spiro atoms. The largest absolute Gasteiger partial charge is 0.493 e. The van der Waals surface area contributed by atoms with Crippen LogP contribution in [0, 0.1) is 13.8 Å². The molecule has 7 heteroatoms. The second-order valence-electron chi connectivity index (χ2n) is 7.04. The summed E-state index contributed by atoms with van der Waals surface area (Å²) < 4.78 is 10.7. The Bertz CT molecular complexity index is 867. The molecule has 1 atom stereocenters. The van der Waals surface area contributed by atoms with Gasteiger partial charge in [0.25, 0.3) is 5.91 Å². The number of likely N-dealkylation sites (N-methyl/N-ethyl adjacent to an activating group) is 1. The van der Waals surface area contributed by atoms with E-state index in [0.29, 0.717) is 18.0 Å². The average molecular weight is 400 g/mol. The van der Waals surface area contributed by atoms with Gasteiger partial charge >= 0.3 is 0 Å². The monoisotopic (exact) mass is 400 g/mol. The quantitative estimate of drug-likeness (QED) is 0.589. The Morgan fingerprint density at radius 2 is 1.72 bits per heavy atom. The molecule has 0 aliphatic rings. The molecule has 0 bridgehead atoms. The number of quaternary nitrogens is 1. The molecule has 1 unspecified atom stereocenters. The van der Waals surface area contributed by atoms with Gasteiger partial charge in [-0.25, -0.2) is 0 Å². The first kappa shape index (κ1) is 22.2. The van der Waals surface area contributed by atoms with Crippen LogP contribution in [-0.4, -0.2) is 46.2 Å². The van der Waals surface area contributed by atoms with Crippen molar-refractivity contribution in [2.75, 3.05) is 39.7 Å². The van der Waals surface area contributed by atoms with Crippen molar-refractivity contribution in [2.45, 2.75) is 20.4 Å². The van der Waals surface area contributed by atoms with Crippen molar-refractivity contribution in [3.05, 3.63) is 53.1 Å². The number of anilines is 1. The van der Waals surface area contributed by atoms with Crippen molar-refractivity contribution >= 4 is 17.5 Å². The molecule has 7 nitrogen and oxygen atoms in total. The van der Waals surface area contributed by atoms with E-state index in [9.17, 15) is 9.59 Å². The number of hydrogen-bond donors (Lipinski definition) is 3. The molecule has 0 heterocycles. The fourth-order valence-electron chi connectivity index (χ4n) is 3.08. The molecular formula is C22H30N3O4+. The molecule has 2 aromatic rings. The first-order valence-corrected chi connectivity index (χ1v) is 9.49. The van der Waals surface area contributed by atoms with Crippen molar-refractivity contribution in [1.82, 2.24) is 5.32 Å². The Morgan fingerprint density at radius 3 is 2.41 bits per heavy atom. The SMILES string of the molecule is COc1cccc(C[NH+](C)CC(=O)NCC(=O)Nc2cccc(C)c2C)c1OC. The van der Waals surface area contributed by atoms with Crippen LogP contribution in [0.2, 0.25) is 0 Å². The third-order valence-electron chi connectivity index (χ3n) is 4.76. The highest BCUT2D eigenvalue weighted by atomic mass is 16.5. The Balaban J connectivity index is 1.84. The maximum atomic E-state index is 12.2. The summed E-state index contributed by atoms with van der Waals surface area (Å²) >= 11 is 0. The maximum absolute atomic E-state index is 12.2. The van der Waals surface area contributed by atoms with Crippen LogP contribution in [0.15, 0.2) is 36.4 Å². The number of aryl methyl sites for hydroxylation is 1. The number of rotatable bonds is 9. The Hall–Kier alpha value is -3.06. The smallest absolute Gasteiger partial charge is 0.275 e. The lowest BCUT2D eigenvalue weighted by molar-refractivity contribution is -0.885. The van der Waals surface area contributed by atoms with Crippen LogP contribution in [-0.2, 0) is 16.1 Å². The van der Waals surface area contributed by atoms with Crippen LogP contribution in [0.1, 0.15) is 16.7 Å². The predicted molar refractivity (Wildman–Crippen MR) is 113 cm³/mol. The van der Waals surface area contributed by atoms with Crippen LogP contribution >= 0.6 is 0 Å². The zero-order valence-corrected chi connectivity index (χ0v) is 17.7. The van der Waals surface area contributed by atoms with E-state index in [-0.39, 0.29) is 24.9 Å². The molecule has 0 aliphatic carbocycles. The number of carbonyl (C=O) groups excluding carboxylic acids is 2. The minimum absolute atomic E-state index is 0.0675. The highest BCUT2D eigenvalue weighted by Gasteiger charge is 2.16.